The minimum absolute atomic E-state index is 0.230. The van der Waals surface area contributed by atoms with Crippen molar-refractivity contribution >= 4 is 16.6 Å². The van der Waals surface area contributed by atoms with E-state index in [-0.39, 0.29) is 5.75 Å². The number of nitrogens with zero attached hydrogens (tertiary/aromatic N) is 3. The number of methoxy groups -OCH3 is 3. The smallest absolute Gasteiger partial charge is 0.207 e. The van der Waals surface area contributed by atoms with E-state index in [1.165, 1.54) is 18.2 Å². The second kappa shape index (κ2) is 7.40. The first-order chi connectivity index (χ1) is 13.7. The van der Waals surface area contributed by atoms with Gasteiger partial charge in [0.15, 0.2) is 17.2 Å². The number of aromatic nitrogens is 2. The fourth-order valence-electron chi connectivity index (χ4n) is 3.62. The van der Waals surface area contributed by atoms with Crippen molar-refractivity contribution < 1.29 is 24.4 Å². The molecule has 146 valence electrons. The van der Waals surface area contributed by atoms with E-state index < -0.39 is 0 Å². The van der Waals surface area contributed by atoms with Crippen LogP contribution in [-0.2, 0) is 13.0 Å². The molecule has 1 aliphatic rings. The molecule has 2 aromatic carbocycles. The fraction of sp³-hybridized carbons (Fsp3) is 0.300. The van der Waals surface area contributed by atoms with Crippen LogP contribution in [0.25, 0.3) is 10.9 Å². The lowest BCUT2D eigenvalue weighted by molar-refractivity contribution is -0.138. The molecule has 0 atom stereocenters. The lowest BCUT2D eigenvalue weighted by Gasteiger charge is -2.31. The summed E-state index contributed by atoms with van der Waals surface area (Å²) >= 11 is 0. The molecule has 1 N–H and O–H groups in total. The zero-order valence-corrected chi connectivity index (χ0v) is 15.9. The highest BCUT2D eigenvalue weighted by Gasteiger charge is 2.22. The Hall–Kier alpha value is -3.26. The van der Waals surface area contributed by atoms with Crippen LogP contribution in [0.3, 0.4) is 0 Å². The second-order valence-electron chi connectivity index (χ2n) is 6.49. The van der Waals surface area contributed by atoms with Crippen LogP contribution in [0.5, 0.6) is 23.0 Å². The number of benzene rings is 2. The van der Waals surface area contributed by atoms with Gasteiger partial charge in [-0.15, -0.1) is 0 Å². The molecule has 0 bridgehead atoms. The van der Waals surface area contributed by atoms with E-state index in [0.29, 0.717) is 23.6 Å². The third-order valence-electron chi connectivity index (χ3n) is 5.06. The lowest BCUT2D eigenvalue weighted by Crippen LogP contribution is -2.30. The van der Waals surface area contributed by atoms with Gasteiger partial charge in [0, 0.05) is 24.5 Å². The Labute approximate surface area is 162 Å². The van der Waals surface area contributed by atoms with E-state index in [0.717, 1.165) is 29.8 Å². The topological polar surface area (TPSA) is 86.2 Å². The van der Waals surface area contributed by atoms with E-state index in [1.807, 2.05) is 12.1 Å². The van der Waals surface area contributed by atoms with Crippen LogP contribution >= 0.6 is 0 Å². The van der Waals surface area contributed by atoms with Crippen molar-refractivity contribution in [3.05, 3.63) is 41.6 Å². The van der Waals surface area contributed by atoms with Crippen LogP contribution in [-0.4, -0.2) is 43.3 Å². The zero-order valence-electron chi connectivity index (χ0n) is 15.9. The molecule has 0 saturated carbocycles. The summed E-state index contributed by atoms with van der Waals surface area (Å²) in [5.74, 6) is 2.07. The first-order valence-electron chi connectivity index (χ1n) is 8.82. The van der Waals surface area contributed by atoms with Gasteiger partial charge < -0.3 is 24.0 Å². The van der Waals surface area contributed by atoms with Crippen LogP contribution in [0.1, 0.15) is 11.1 Å². The zero-order chi connectivity index (χ0) is 19.7. The SMILES string of the molecule is COc1cc2c(cc1OC)CN(c1cnnc3cc(OC)c(OO)cc13)CC2. The minimum atomic E-state index is 0.230. The molecule has 8 heteroatoms. The average molecular weight is 383 g/mol. The molecule has 1 aliphatic heterocycles. The van der Waals surface area contributed by atoms with Gasteiger partial charge >= 0.3 is 0 Å². The predicted molar refractivity (Wildman–Crippen MR) is 104 cm³/mol. The number of hydrogen-bond acceptors (Lipinski definition) is 8. The van der Waals surface area contributed by atoms with E-state index >= 15 is 0 Å². The Morgan fingerprint density at radius 2 is 1.57 bits per heavy atom. The first kappa shape index (κ1) is 18.1. The third-order valence-corrected chi connectivity index (χ3v) is 5.06. The van der Waals surface area contributed by atoms with Crippen molar-refractivity contribution in [3.8, 4) is 23.0 Å². The van der Waals surface area contributed by atoms with Crippen molar-refractivity contribution in [2.24, 2.45) is 0 Å². The van der Waals surface area contributed by atoms with Crippen molar-refractivity contribution in [2.75, 3.05) is 32.8 Å². The molecule has 0 fully saturated rings. The third kappa shape index (κ3) is 3.01. The Balaban J connectivity index is 1.75. The second-order valence-corrected chi connectivity index (χ2v) is 6.49. The Kier molecular flexibility index (Phi) is 4.79. The van der Waals surface area contributed by atoms with Gasteiger partial charge in [-0.3, -0.25) is 0 Å². The van der Waals surface area contributed by atoms with Gasteiger partial charge in [-0.05, 0) is 35.7 Å². The number of hydrogen-bond donors (Lipinski definition) is 1. The maximum Gasteiger partial charge on any atom is 0.207 e. The van der Waals surface area contributed by atoms with E-state index in [1.54, 1.807) is 32.5 Å². The largest absolute Gasteiger partial charge is 0.493 e. The molecule has 0 aliphatic carbocycles. The van der Waals surface area contributed by atoms with Gasteiger partial charge in [0.2, 0.25) is 5.75 Å². The highest BCUT2D eigenvalue weighted by Crippen LogP contribution is 2.38. The van der Waals surface area contributed by atoms with Crippen LogP contribution in [0.15, 0.2) is 30.5 Å². The van der Waals surface area contributed by atoms with Crippen LogP contribution in [0.2, 0.25) is 0 Å². The number of rotatable bonds is 5. The van der Waals surface area contributed by atoms with Crippen molar-refractivity contribution in [1.82, 2.24) is 10.2 Å². The molecule has 4 rings (SSSR count). The van der Waals surface area contributed by atoms with Crippen LogP contribution in [0.4, 0.5) is 5.69 Å². The fourth-order valence-corrected chi connectivity index (χ4v) is 3.62. The molecule has 0 spiro atoms. The molecular formula is C20H21N3O5. The van der Waals surface area contributed by atoms with Crippen molar-refractivity contribution in [2.45, 2.75) is 13.0 Å². The molecule has 2 heterocycles. The van der Waals surface area contributed by atoms with Crippen LogP contribution in [0, 0.1) is 0 Å². The van der Waals surface area contributed by atoms with E-state index in [4.69, 9.17) is 14.2 Å². The van der Waals surface area contributed by atoms with Crippen LogP contribution < -0.4 is 24.0 Å². The average Bonchev–Trinajstić information content (AvgIpc) is 2.76. The molecule has 0 radical (unpaired) electrons. The summed E-state index contributed by atoms with van der Waals surface area (Å²) in [6.07, 6.45) is 2.58. The summed E-state index contributed by atoms with van der Waals surface area (Å²) < 4.78 is 16.1. The summed E-state index contributed by atoms with van der Waals surface area (Å²) in [6, 6.07) is 7.46. The van der Waals surface area contributed by atoms with Gasteiger partial charge in [-0.25, -0.2) is 5.26 Å². The van der Waals surface area contributed by atoms with E-state index in [9.17, 15) is 5.26 Å². The van der Waals surface area contributed by atoms with Gasteiger partial charge in [0.1, 0.15) is 0 Å². The monoisotopic (exact) mass is 383 g/mol. The summed E-state index contributed by atoms with van der Waals surface area (Å²) in [5.41, 5.74) is 3.97. The van der Waals surface area contributed by atoms with Gasteiger partial charge in [-0.2, -0.15) is 10.2 Å². The number of ether oxygens (including phenoxy) is 3. The maximum absolute atomic E-state index is 9.19. The quantitative estimate of drug-likeness (QED) is 0.531. The summed E-state index contributed by atoms with van der Waals surface area (Å²) in [6.45, 7) is 1.50. The summed E-state index contributed by atoms with van der Waals surface area (Å²) in [4.78, 5) is 6.70. The van der Waals surface area contributed by atoms with Crippen molar-refractivity contribution in [3.63, 3.8) is 0 Å². The first-order valence-corrected chi connectivity index (χ1v) is 8.82. The summed E-state index contributed by atoms with van der Waals surface area (Å²) in [7, 11) is 4.78. The maximum atomic E-state index is 9.19. The highest BCUT2D eigenvalue weighted by atomic mass is 17.1. The predicted octanol–water partition coefficient (Wildman–Crippen LogP) is 3.07. The normalized spacial score (nSPS) is 13.2. The molecular weight excluding hydrogens is 362 g/mol. The number of anilines is 1. The molecule has 0 unspecified atom stereocenters. The molecule has 3 aromatic rings. The van der Waals surface area contributed by atoms with Crippen molar-refractivity contribution in [1.29, 1.82) is 0 Å². The van der Waals surface area contributed by atoms with Gasteiger partial charge in [0.25, 0.3) is 0 Å². The Morgan fingerprint density at radius 3 is 2.25 bits per heavy atom. The Bertz CT molecular complexity index is 1020. The molecule has 0 saturated heterocycles. The number of fused-ring (bicyclic) bond motifs is 2. The molecule has 8 nitrogen and oxygen atoms in total. The Morgan fingerprint density at radius 1 is 0.893 bits per heavy atom. The minimum Gasteiger partial charge on any atom is -0.493 e. The standard InChI is InChI=1S/C20H21N3O5/c1-25-17-6-12-4-5-23(11-13(12)7-18(17)26-2)16-10-21-22-15-9-19(27-3)20(28-24)8-14(15)16/h6-10,24H,4-5,11H2,1-3H3. The molecule has 0 amide bonds. The lowest BCUT2D eigenvalue weighted by atomic mass is 9.98. The highest BCUT2D eigenvalue weighted by molar-refractivity contribution is 5.93. The molecule has 1 aromatic heterocycles. The molecule has 28 heavy (non-hydrogen) atoms. The van der Waals surface area contributed by atoms with E-state index in [2.05, 4.69) is 20.0 Å². The van der Waals surface area contributed by atoms with Gasteiger partial charge in [0.05, 0.1) is 38.7 Å². The van der Waals surface area contributed by atoms with Gasteiger partial charge in [-0.1, -0.05) is 0 Å². The summed E-state index contributed by atoms with van der Waals surface area (Å²) in [5, 5.41) is 18.3.